The Morgan fingerprint density at radius 2 is 0.885 bits per heavy atom. The fourth-order valence-corrected chi connectivity index (χ4v) is 5.32. The summed E-state index contributed by atoms with van der Waals surface area (Å²) in [6.45, 7) is 6.30. The Bertz CT molecular complexity index is 1020. The molecule has 0 rings (SSSR count). The van der Waals surface area contributed by atoms with Gasteiger partial charge in [0.25, 0.3) is 0 Å². The van der Waals surface area contributed by atoms with E-state index in [1.165, 1.54) is 70.6 Å². The number of unbranched alkanes of at least 4 members (excludes halogenated alkanes) is 15. The van der Waals surface area contributed by atoms with Gasteiger partial charge in [-0.15, -0.1) is 0 Å². The second-order valence-electron chi connectivity index (χ2n) is 13.6. The van der Waals surface area contributed by atoms with E-state index in [2.05, 4.69) is 81.5 Å². The van der Waals surface area contributed by atoms with Crippen LogP contribution in [-0.4, -0.2) is 37.2 Å². The standard InChI is InChI=1S/C46H76O6/c1-4-7-10-13-16-19-20-21-22-23-24-25-28-30-33-36-39-45(48)51-42-43(52-46(49)40-37-34-31-27-18-15-12-9-6-3)41-50-44(47)38-35-32-29-26-17-14-11-8-5-2/h9,12,18,22-27,29,34,37,43H,4-8,10-11,13-17,19-21,28,30-33,35-36,38-42H2,1-3H3/b12-9-,23-22-,25-24-,27-18-,29-26-,37-34-. The summed E-state index contributed by atoms with van der Waals surface area (Å²) < 4.78 is 16.4. The van der Waals surface area contributed by atoms with Crippen LogP contribution in [0.1, 0.15) is 181 Å². The number of hydrogen-bond acceptors (Lipinski definition) is 6. The van der Waals surface area contributed by atoms with Crippen molar-refractivity contribution >= 4 is 17.9 Å². The molecule has 0 N–H and O–H groups in total. The number of esters is 3. The van der Waals surface area contributed by atoms with Crippen molar-refractivity contribution in [2.75, 3.05) is 13.2 Å². The lowest BCUT2D eigenvalue weighted by Gasteiger charge is -2.18. The van der Waals surface area contributed by atoms with Gasteiger partial charge in [0.2, 0.25) is 0 Å². The highest BCUT2D eigenvalue weighted by atomic mass is 16.6. The Morgan fingerprint density at radius 3 is 1.46 bits per heavy atom. The molecular weight excluding hydrogens is 649 g/mol. The van der Waals surface area contributed by atoms with Gasteiger partial charge in [0.1, 0.15) is 13.2 Å². The van der Waals surface area contributed by atoms with Crippen LogP contribution in [0.2, 0.25) is 0 Å². The van der Waals surface area contributed by atoms with Crippen molar-refractivity contribution in [3.05, 3.63) is 72.9 Å². The Labute approximate surface area is 319 Å². The molecule has 6 nitrogen and oxygen atoms in total. The SMILES string of the molecule is CC/C=C\C/C=C\C/C=C\CC(=O)OC(COC(=O)CCC/C=C\CCCCCC)COC(=O)CCCCC/C=C\C=C/CCCCCCCCC. The minimum Gasteiger partial charge on any atom is -0.462 e. The van der Waals surface area contributed by atoms with Crippen molar-refractivity contribution in [3.8, 4) is 0 Å². The highest BCUT2D eigenvalue weighted by Gasteiger charge is 2.19. The zero-order chi connectivity index (χ0) is 38.0. The molecule has 0 aliphatic carbocycles. The van der Waals surface area contributed by atoms with Crippen LogP contribution in [0.4, 0.5) is 0 Å². The molecule has 0 saturated carbocycles. The molecule has 0 bridgehead atoms. The van der Waals surface area contributed by atoms with Crippen LogP contribution in [0.3, 0.4) is 0 Å². The van der Waals surface area contributed by atoms with Gasteiger partial charge in [0.15, 0.2) is 6.10 Å². The van der Waals surface area contributed by atoms with Crippen LogP contribution in [0.15, 0.2) is 72.9 Å². The molecule has 0 radical (unpaired) electrons. The van der Waals surface area contributed by atoms with Gasteiger partial charge in [-0.05, 0) is 77.0 Å². The predicted molar refractivity (Wildman–Crippen MR) is 219 cm³/mol. The van der Waals surface area contributed by atoms with E-state index in [1.54, 1.807) is 6.08 Å². The summed E-state index contributed by atoms with van der Waals surface area (Å²) in [5.74, 6) is -1.13. The fourth-order valence-electron chi connectivity index (χ4n) is 5.32. The molecule has 1 atom stereocenters. The minimum absolute atomic E-state index is 0.0934. The average Bonchev–Trinajstić information content (AvgIpc) is 3.14. The van der Waals surface area contributed by atoms with Gasteiger partial charge < -0.3 is 14.2 Å². The van der Waals surface area contributed by atoms with E-state index in [0.717, 1.165) is 64.2 Å². The molecule has 52 heavy (non-hydrogen) atoms. The molecule has 296 valence electrons. The van der Waals surface area contributed by atoms with E-state index in [-0.39, 0.29) is 38.0 Å². The first-order valence-electron chi connectivity index (χ1n) is 21.0. The van der Waals surface area contributed by atoms with Gasteiger partial charge in [0.05, 0.1) is 6.42 Å². The number of carbonyl (C=O) groups excluding carboxylic acids is 3. The third-order valence-electron chi connectivity index (χ3n) is 8.48. The zero-order valence-corrected chi connectivity index (χ0v) is 33.5. The molecule has 0 aromatic rings. The lowest BCUT2D eigenvalue weighted by molar-refractivity contribution is -0.166. The van der Waals surface area contributed by atoms with Crippen molar-refractivity contribution in [1.29, 1.82) is 0 Å². The molecule has 0 fully saturated rings. The maximum Gasteiger partial charge on any atom is 0.310 e. The van der Waals surface area contributed by atoms with E-state index < -0.39 is 12.1 Å². The van der Waals surface area contributed by atoms with Crippen LogP contribution >= 0.6 is 0 Å². The zero-order valence-electron chi connectivity index (χ0n) is 33.5. The first-order chi connectivity index (χ1) is 25.5. The number of ether oxygens (including phenoxy) is 3. The van der Waals surface area contributed by atoms with Gasteiger partial charge in [0, 0.05) is 12.8 Å². The Hall–Kier alpha value is -3.15. The summed E-state index contributed by atoms with van der Waals surface area (Å²) in [5.41, 5.74) is 0. The van der Waals surface area contributed by atoms with E-state index in [1.807, 2.05) is 6.08 Å². The molecule has 0 aliphatic rings. The summed E-state index contributed by atoms with van der Waals surface area (Å²) in [7, 11) is 0. The topological polar surface area (TPSA) is 78.9 Å². The normalized spacial score (nSPS) is 12.8. The highest BCUT2D eigenvalue weighted by molar-refractivity contribution is 5.72. The van der Waals surface area contributed by atoms with Crippen molar-refractivity contribution in [3.63, 3.8) is 0 Å². The molecule has 6 heteroatoms. The van der Waals surface area contributed by atoms with Crippen LogP contribution in [0.5, 0.6) is 0 Å². The van der Waals surface area contributed by atoms with E-state index in [0.29, 0.717) is 12.8 Å². The Morgan fingerprint density at radius 1 is 0.442 bits per heavy atom. The van der Waals surface area contributed by atoms with Gasteiger partial charge in [-0.1, -0.05) is 158 Å². The molecule has 0 aliphatic heterocycles. The van der Waals surface area contributed by atoms with Crippen LogP contribution in [0, 0.1) is 0 Å². The number of carbonyl (C=O) groups is 3. The van der Waals surface area contributed by atoms with Gasteiger partial charge in [-0.2, -0.15) is 0 Å². The fraction of sp³-hybridized carbons (Fsp3) is 0.674. The van der Waals surface area contributed by atoms with Gasteiger partial charge >= 0.3 is 17.9 Å². The second-order valence-corrected chi connectivity index (χ2v) is 13.6. The Kier molecular flexibility index (Phi) is 38.2. The number of hydrogen-bond donors (Lipinski definition) is 0. The molecule has 1 unspecified atom stereocenters. The molecular formula is C46H76O6. The molecule has 0 spiro atoms. The second kappa shape index (κ2) is 40.6. The van der Waals surface area contributed by atoms with Crippen LogP contribution in [0.25, 0.3) is 0 Å². The van der Waals surface area contributed by atoms with Crippen molar-refractivity contribution in [1.82, 2.24) is 0 Å². The van der Waals surface area contributed by atoms with E-state index >= 15 is 0 Å². The van der Waals surface area contributed by atoms with Gasteiger partial charge in [-0.3, -0.25) is 14.4 Å². The first-order valence-corrected chi connectivity index (χ1v) is 21.0. The van der Waals surface area contributed by atoms with Crippen molar-refractivity contribution < 1.29 is 28.6 Å². The summed E-state index contributed by atoms with van der Waals surface area (Å²) in [4.78, 5) is 37.4. The third-order valence-corrected chi connectivity index (χ3v) is 8.48. The summed E-state index contributed by atoms with van der Waals surface area (Å²) in [5, 5.41) is 0. The summed E-state index contributed by atoms with van der Waals surface area (Å²) in [6.07, 6.45) is 49.3. The number of allylic oxidation sites excluding steroid dienone is 11. The van der Waals surface area contributed by atoms with E-state index in [9.17, 15) is 14.4 Å². The van der Waals surface area contributed by atoms with Gasteiger partial charge in [-0.25, -0.2) is 0 Å². The van der Waals surface area contributed by atoms with Crippen LogP contribution in [-0.2, 0) is 28.6 Å². The van der Waals surface area contributed by atoms with Crippen LogP contribution < -0.4 is 0 Å². The maximum absolute atomic E-state index is 12.5. The van der Waals surface area contributed by atoms with E-state index in [4.69, 9.17) is 14.2 Å². The third kappa shape index (κ3) is 38.1. The number of rotatable bonds is 36. The minimum atomic E-state index is -0.842. The molecule has 0 amide bonds. The quantitative estimate of drug-likeness (QED) is 0.0210. The van der Waals surface area contributed by atoms with Crippen molar-refractivity contribution in [2.24, 2.45) is 0 Å². The monoisotopic (exact) mass is 725 g/mol. The smallest absolute Gasteiger partial charge is 0.310 e. The summed E-state index contributed by atoms with van der Waals surface area (Å²) >= 11 is 0. The summed E-state index contributed by atoms with van der Waals surface area (Å²) in [6, 6.07) is 0. The van der Waals surface area contributed by atoms with Crippen molar-refractivity contribution in [2.45, 2.75) is 187 Å². The lowest BCUT2D eigenvalue weighted by atomic mass is 10.1. The molecule has 0 aromatic carbocycles. The molecule has 0 saturated heterocycles. The average molecular weight is 725 g/mol. The maximum atomic E-state index is 12.5. The molecule has 0 heterocycles. The largest absolute Gasteiger partial charge is 0.462 e. The highest BCUT2D eigenvalue weighted by Crippen LogP contribution is 2.10. The predicted octanol–water partition coefficient (Wildman–Crippen LogP) is 13.1. The Balaban J connectivity index is 4.48. The molecule has 0 aromatic heterocycles. The lowest BCUT2D eigenvalue weighted by Crippen LogP contribution is -2.30. The first kappa shape index (κ1) is 48.9.